The minimum absolute atomic E-state index is 0.00138. The van der Waals surface area contributed by atoms with Crippen LogP contribution in [-0.4, -0.2) is 10.8 Å². The number of nitro benzene ring substituents is 1. The van der Waals surface area contributed by atoms with E-state index >= 15 is 0 Å². The molecule has 1 amide bonds. The Kier molecular flexibility index (Phi) is 4.37. The molecule has 0 spiro atoms. The number of hydrogen-bond donors (Lipinski definition) is 2. The number of carbonyl (C=O) groups excluding carboxylic acids is 1. The van der Waals surface area contributed by atoms with Crippen molar-refractivity contribution in [2.45, 2.75) is 11.4 Å². The lowest BCUT2D eigenvalue weighted by Gasteiger charge is -2.06. The van der Waals surface area contributed by atoms with E-state index in [0.717, 1.165) is 4.90 Å². The average molecular weight is 288 g/mol. The van der Waals surface area contributed by atoms with E-state index in [-0.39, 0.29) is 18.1 Å². The fourth-order valence-electron chi connectivity index (χ4n) is 1.73. The van der Waals surface area contributed by atoms with Crippen molar-refractivity contribution in [3.05, 3.63) is 69.8 Å². The quantitative estimate of drug-likeness (QED) is 0.516. The van der Waals surface area contributed by atoms with Crippen LogP contribution in [0.15, 0.2) is 53.4 Å². The third-order valence-corrected chi connectivity index (χ3v) is 3.06. The first-order valence-corrected chi connectivity index (χ1v) is 6.32. The molecule has 20 heavy (non-hydrogen) atoms. The standard InChI is InChI=1S/C14H12N2O3S/c17-14(10-5-7-12(20)8-6-10)15-9-11-3-1-2-4-13(11)16(18)19/h1-8,20H,9H2,(H,15,17). The Morgan fingerprint density at radius 3 is 2.45 bits per heavy atom. The molecule has 0 fully saturated rings. The second-order valence-corrected chi connectivity index (χ2v) is 4.63. The van der Waals surface area contributed by atoms with E-state index in [4.69, 9.17) is 0 Å². The lowest BCUT2D eigenvalue weighted by atomic mass is 10.1. The molecule has 2 aromatic rings. The molecule has 5 nitrogen and oxygen atoms in total. The van der Waals surface area contributed by atoms with Gasteiger partial charge in [-0.25, -0.2) is 0 Å². The lowest BCUT2D eigenvalue weighted by Crippen LogP contribution is -2.23. The van der Waals surface area contributed by atoms with Crippen LogP contribution < -0.4 is 5.32 Å². The van der Waals surface area contributed by atoms with Gasteiger partial charge in [-0.3, -0.25) is 14.9 Å². The summed E-state index contributed by atoms with van der Waals surface area (Å²) in [4.78, 5) is 23.1. The molecule has 0 heterocycles. The van der Waals surface area contributed by atoms with Crippen LogP contribution >= 0.6 is 12.6 Å². The number of thiol groups is 1. The zero-order valence-electron chi connectivity index (χ0n) is 10.4. The fraction of sp³-hybridized carbons (Fsp3) is 0.0714. The van der Waals surface area contributed by atoms with Gasteiger partial charge in [-0.1, -0.05) is 18.2 Å². The monoisotopic (exact) mass is 288 g/mol. The highest BCUT2D eigenvalue weighted by Gasteiger charge is 2.13. The van der Waals surface area contributed by atoms with Crippen molar-refractivity contribution in [3.63, 3.8) is 0 Å². The SMILES string of the molecule is O=C(NCc1ccccc1[N+](=O)[O-])c1ccc(S)cc1. The maximum absolute atomic E-state index is 11.9. The van der Waals surface area contributed by atoms with Crippen molar-refractivity contribution < 1.29 is 9.72 Å². The molecule has 0 aliphatic rings. The van der Waals surface area contributed by atoms with Crippen molar-refractivity contribution in [2.24, 2.45) is 0 Å². The van der Waals surface area contributed by atoms with E-state index < -0.39 is 4.92 Å². The number of amides is 1. The summed E-state index contributed by atoms with van der Waals surface area (Å²) in [6.07, 6.45) is 0. The van der Waals surface area contributed by atoms with Crippen LogP contribution in [0.4, 0.5) is 5.69 Å². The molecule has 1 N–H and O–H groups in total. The van der Waals surface area contributed by atoms with Gasteiger partial charge in [0, 0.05) is 28.6 Å². The molecule has 0 aliphatic heterocycles. The summed E-state index contributed by atoms with van der Waals surface area (Å²) in [5.74, 6) is -0.281. The van der Waals surface area contributed by atoms with Crippen LogP contribution in [0.25, 0.3) is 0 Å². The van der Waals surface area contributed by atoms with Gasteiger partial charge >= 0.3 is 0 Å². The molecule has 0 saturated carbocycles. The first kappa shape index (κ1) is 14.1. The van der Waals surface area contributed by atoms with Gasteiger partial charge in [0.2, 0.25) is 0 Å². The average Bonchev–Trinajstić information content (AvgIpc) is 2.45. The normalized spacial score (nSPS) is 10.1. The molecular weight excluding hydrogens is 276 g/mol. The third kappa shape index (κ3) is 3.36. The van der Waals surface area contributed by atoms with Crippen LogP contribution in [0.5, 0.6) is 0 Å². The number of para-hydroxylation sites is 1. The van der Waals surface area contributed by atoms with Crippen LogP contribution in [0.2, 0.25) is 0 Å². The number of benzene rings is 2. The Labute approximate surface area is 121 Å². The van der Waals surface area contributed by atoms with E-state index in [1.54, 1.807) is 42.5 Å². The van der Waals surface area contributed by atoms with Gasteiger partial charge in [-0.15, -0.1) is 12.6 Å². The number of nitrogens with zero attached hydrogens (tertiary/aromatic N) is 1. The number of hydrogen-bond acceptors (Lipinski definition) is 4. The minimum Gasteiger partial charge on any atom is -0.348 e. The molecule has 0 bridgehead atoms. The molecule has 2 rings (SSSR count). The summed E-state index contributed by atoms with van der Waals surface area (Å²) in [7, 11) is 0. The molecule has 0 unspecified atom stereocenters. The summed E-state index contributed by atoms with van der Waals surface area (Å²) in [5, 5.41) is 13.5. The molecule has 0 atom stereocenters. The molecule has 102 valence electrons. The van der Waals surface area contributed by atoms with Crippen LogP contribution in [0, 0.1) is 10.1 Å². The highest BCUT2D eigenvalue weighted by Crippen LogP contribution is 2.17. The second-order valence-electron chi connectivity index (χ2n) is 4.12. The number of nitrogens with one attached hydrogen (secondary N) is 1. The molecule has 0 radical (unpaired) electrons. The summed E-state index contributed by atoms with van der Waals surface area (Å²) in [5.41, 5.74) is 0.955. The van der Waals surface area contributed by atoms with Crippen LogP contribution in [-0.2, 0) is 6.54 Å². The Morgan fingerprint density at radius 1 is 1.15 bits per heavy atom. The Hall–Kier alpha value is -2.34. The van der Waals surface area contributed by atoms with Crippen molar-refractivity contribution in [1.82, 2.24) is 5.32 Å². The largest absolute Gasteiger partial charge is 0.348 e. The fourth-order valence-corrected chi connectivity index (χ4v) is 1.88. The van der Waals surface area contributed by atoms with Gasteiger partial charge in [-0.05, 0) is 24.3 Å². The molecule has 0 aliphatic carbocycles. The minimum atomic E-state index is -0.461. The number of carbonyl (C=O) groups is 1. The van der Waals surface area contributed by atoms with Crippen molar-refractivity contribution >= 4 is 24.2 Å². The van der Waals surface area contributed by atoms with Gasteiger partial charge in [-0.2, -0.15) is 0 Å². The third-order valence-electron chi connectivity index (χ3n) is 2.76. The predicted molar refractivity (Wildman–Crippen MR) is 78.0 cm³/mol. The van der Waals surface area contributed by atoms with E-state index in [2.05, 4.69) is 17.9 Å². The Balaban J connectivity index is 2.07. The van der Waals surface area contributed by atoms with Crippen molar-refractivity contribution in [3.8, 4) is 0 Å². The summed E-state index contributed by atoms with van der Waals surface area (Å²) >= 11 is 4.14. The van der Waals surface area contributed by atoms with Crippen molar-refractivity contribution in [2.75, 3.05) is 0 Å². The van der Waals surface area contributed by atoms with Gasteiger partial charge < -0.3 is 5.32 Å². The molecule has 2 aromatic carbocycles. The topological polar surface area (TPSA) is 72.2 Å². The van der Waals surface area contributed by atoms with E-state index in [1.807, 2.05) is 0 Å². The zero-order chi connectivity index (χ0) is 14.5. The molecular formula is C14H12N2O3S. The Morgan fingerprint density at radius 2 is 1.80 bits per heavy atom. The van der Waals surface area contributed by atoms with Crippen LogP contribution in [0.3, 0.4) is 0 Å². The first-order valence-electron chi connectivity index (χ1n) is 5.87. The number of nitro groups is 1. The van der Waals surface area contributed by atoms with Crippen LogP contribution in [0.1, 0.15) is 15.9 Å². The number of rotatable bonds is 4. The maximum Gasteiger partial charge on any atom is 0.274 e. The molecule has 0 saturated heterocycles. The highest BCUT2D eigenvalue weighted by atomic mass is 32.1. The van der Waals surface area contributed by atoms with Gasteiger partial charge in [0.1, 0.15) is 0 Å². The van der Waals surface area contributed by atoms with Gasteiger partial charge in [0.25, 0.3) is 11.6 Å². The summed E-state index contributed by atoms with van der Waals surface area (Å²) < 4.78 is 0. The Bertz CT molecular complexity index is 641. The lowest BCUT2D eigenvalue weighted by molar-refractivity contribution is -0.385. The van der Waals surface area contributed by atoms with Gasteiger partial charge in [0.15, 0.2) is 0 Å². The second kappa shape index (κ2) is 6.21. The van der Waals surface area contributed by atoms with E-state index in [0.29, 0.717) is 11.1 Å². The zero-order valence-corrected chi connectivity index (χ0v) is 11.3. The van der Waals surface area contributed by atoms with Gasteiger partial charge in [0.05, 0.1) is 4.92 Å². The van der Waals surface area contributed by atoms with E-state index in [1.165, 1.54) is 6.07 Å². The van der Waals surface area contributed by atoms with Crippen molar-refractivity contribution in [1.29, 1.82) is 0 Å². The maximum atomic E-state index is 11.9. The molecule has 0 aromatic heterocycles. The first-order chi connectivity index (χ1) is 9.58. The predicted octanol–water partition coefficient (Wildman–Crippen LogP) is 2.81. The molecule has 6 heteroatoms. The summed E-state index contributed by atoms with van der Waals surface area (Å²) in [6, 6.07) is 13.0. The highest BCUT2D eigenvalue weighted by molar-refractivity contribution is 7.80. The summed E-state index contributed by atoms with van der Waals surface area (Å²) in [6.45, 7) is 0.110. The smallest absolute Gasteiger partial charge is 0.274 e. The van der Waals surface area contributed by atoms with E-state index in [9.17, 15) is 14.9 Å².